The summed E-state index contributed by atoms with van der Waals surface area (Å²) in [4.78, 5) is 31.4. The van der Waals surface area contributed by atoms with Crippen LogP contribution in [-0.2, 0) is 14.3 Å². The molecule has 0 saturated carbocycles. The lowest BCUT2D eigenvalue weighted by Crippen LogP contribution is -2.55. The van der Waals surface area contributed by atoms with Crippen LogP contribution in [0, 0.1) is 5.92 Å². The molecule has 0 aliphatic carbocycles. The molecule has 1 atom stereocenters. The van der Waals surface area contributed by atoms with Crippen LogP contribution >= 0.6 is 0 Å². The highest BCUT2D eigenvalue weighted by atomic mass is 16.5. The van der Waals surface area contributed by atoms with E-state index in [1.54, 1.807) is 7.11 Å². The minimum absolute atomic E-state index is 0.0673. The number of methoxy groups -OCH3 is 1. The number of ether oxygens (including phenoxy) is 2. The lowest BCUT2D eigenvalue weighted by molar-refractivity contribution is -0.152. The van der Waals surface area contributed by atoms with Crippen LogP contribution in [0.15, 0.2) is 24.3 Å². The standard InChI is InChI=1S/C22H33N3O4/c1-4-29-22(27)18-9-11-25(12-10-18)21(26)17(2)23-13-15-24(16-14-23)19-5-7-20(28-3)8-6-19/h5-8,17-18H,4,9-16H2,1-3H3/t17-/m1/s1. The van der Waals surface area contributed by atoms with E-state index >= 15 is 0 Å². The van der Waals surface area contributed by atoms with Crippen molar-refractivity contribution < 1.29 is 19.1 Å². The van der Waals surface area contributed by atoms with E-state index in [-0.39, 0.29) is 23.8 Å². The normalized spacial score (nSPS) is 19.7. The molecular formula is C22H33N3O4. The number of piperazine rings is 1. The van der Waals surface area contributed by atoms with Gasteiger partial charge in [0.15, 0.2) is 0 Å². The molecule has 7 heteroatoms. The molecule has 2 aliphatic heterocycles. The summed E-state index contributed by atoms with van der Waals surface area (Å²) >= 11 is 0. The molecule has 1 aromatic rings. The van der Waals surface area contributed by atoms with Crippen molar-refractivity contribution in [1.29, 1.82) is 0 Å². The fraction of sp³-hybridized carbons (Fsp3) is 0.636. The lowest BCUT2D eigenvalue weighted by atomic mass is 9.96. The van der Waals surface area contributed by atoms with Crippen LogP contribution in [0.2, 0.25) is 0 Å². The molecule has 160 valence electrons. The maximum absolute atomic E-state index is 13.0. The minimum atomic E-state index is -0.132. The van der Waals surface area contributed by atoms with Gasteiger partial charge in [0.1, 0.15) is 5.75 Å². The van der Waals surface area contributed by atoms with Crippen LogP contribution in [0.1, 0.15) is 26.7 Å². The van der Waals surface area contributed by atoms with Gasteiger partial charge in [0, 0.05) is 45.0 Å². The molecule has 1 aromatic carbocycles. The van der Waals surface area contributed by atoms with Gasteiger partial charge in [-0.2, -0.15) is 0 Å². The maximum Gasteiger partial charge on any atom is 0.309 e. The van der Waals surface area contributed by atoms with E-state index in [1.165, 1.54) is 5.69 Å². The Labute approximate surface area is 173 Å². The van der Waals surface area contributed by atoms with Crippen molar-refractivity contribution in [3.63, 3.8) is 0 Å². The van der Waals surface area contributed by atoms with Crippen LogP contribution in [0.4, 0.5) is 5.69 Å². The van der Waals surface area contributed by atoms with E-state index < -0.39 is 0 Å². The van der Waals surface area contributed by atoms with Gasteiger partial charge in [-0.1, -0.05) is 0 Å². The Kier molecular flexibility index (Phi) is 7.36. The smallest absolute Gasteiger partial charge is 0.309 e. The quantitative estimate of drug-likeness (QED) is 0.677. The van der Waals surface area contributed by atoms with E-state index in [1.807, 2.05) is 30.9 Å². The zero-order chi connectivity index (χ0) is 20.8. The molecule has 2 aliphatic rings. The summed E-state index contributed by atoms with van der Waals surface area (Å²) in [6, 6.07) is 7.99. The number of nitrogens with zero attached hydrogens (tertiary/aromatic N) is 3. The number of amides is 1. The average Bonchev–Trinajstić information content (AvgIpc) is 2.78. The number of benzene rings is 1. The van der Waals surface area contributed by atoms with Crippen molar-refractivity contribution in [2.45, 2.75) is 32.7 Å². The molecular weight excluding hydrogens is 370 g/mol. The molecule has 7 nitrogen and oxygen atoms in total. The Balaban J connectivity index is 1.47. The topological polar surface area (TPSA) is 62.3 Å². The molecule has 3 rings (SSSR count). The number of hydrogen-bond donors (Lipinski definition) is 0. The largest absolute Gasteiger partial charge is 0.497 e. The zero-order valence-corrected chi connectivity index (χ0v) is 17.8. The Hall–Kier alpha value is -2.28. The SMILES string of the molecule is CCOC(=O)C1CCN(C(=O)[C@@H](C)N2CCN(c3ccc(OC)cc3)CC2)CC1. The van der Waals surface area contributed by atoms with E-state index in [0.717, 1.165) is 31.9 Å². The van der Waals surface area contributed by atoms with E-state index in [0.29, 0.717) is 32.5 Å². The van der Waals surface area contributed by atoms with Crippen LogP contribution in [-0.4, -0.2) is 80.7 Å². The van der Waals surface area contributed by atoms with Gasteiger partial charge in [0.25, 0.3) is 0 Å². The number of esters is 1. The molecule has 0 unspecified atom stereocenters. The lowest BCUT2D eigenvalue weighted by Gasteiger charge is -2.41. The predicted octanol–water partition coefficient (Wildman–Crippen LogP) is 2.01. The van der Waals surface area contributed by atoms with Gasteiger partial charge in [0.05, 0.1) is 25.7 Å². The van der Waals surface area contributed by atoms with Crippen molar-refractivity contribution in [1.82, 2.24) is 9.80 Å². The van der Waals surface area contributed by atoms with Crippen molar-refractivity contribution in [3.8, 4) is 5.75 Å². The molecule has 29 heavy (non-hydrogen) atoms. The highest BCUT2D eigenvalue weighted by Gasteiger charge is 2.33. The monoisotopic (exact) mass is 403 g/mol. The number of rotatable bonds is 6. The maximum atomic E-state index is 13.0. The highest BCUT2D eigenvalue weighted by Crippen LogP contribution is 2.23. The van der Waals surface area contributed by atoms with E-state index in [4.69, 9.17) is 9.47 Å². The molecule has 2 heterocycles. The Morgan fingerprint density at radius 2 is 1.66 bits per heavy atom. The first-order valence-corrected chi connectivity index (χ1v) is 10.6. The molecule has 0 spiro atoms. The van der Waals surface area contributed by atoms with Crippen LogP contribution in [0.5, 0.6) is 5.75 Å². The second kappa shape index (κ2) is 9.96. The number of hydrogen-bond acceptors (Lipinski definition) is 6. The summed E-state index contributed by atoms with van der Waals surface area (Å²) in [6.45, 7) is 9.03. The zero-order valence-electron chi connectivity index (χ0n) is 17.8. The minimum Gasteiger partial charge on any atom is -0.497 e. The molecule has 0 aromatic heterocycles. The van der Waals surface area contributed by atoms with Crippen LogP contribution in [0.3, 0.4) is 0 Å². The van der Waals surface area contributed by atoms with Gasteiger partial charge in [0.2, 0.25) is 5.91 Å². The fourth-order valence-corrected chi connectivity index (χ4v) is 4.18. The van der Waals surface area contributed by atoms with Gasteiger partial charge in [-0.15, -0.1) is 0 Å². The Morgan fingerprint density at radius 3 is 2.21 bits per heavy atom. The van der Waals surface area contributed by atoms with Crippen LogP contribution in [0.25, 0.3) is 0 Å². The first kappa shape index (κ1) is 21.4. The average molecular weight is 404 g/mol. The third-order valence-electron chi connectivity index (χ3n) is 6.08. The Morgan fingerprint density at radius 1 is 1.03 bits per heavy atom. The highest BCUT2D eigenvalue weighted by molar-refractivity contribution is 5.82. The third-order valence-corrected chi connectivity index (χ3v) is 6.08. The van der Waals surface area contributed by atoms with E-state index in [9.17, 15) is 9.59 Å². The fourth-order valence-electron chi connectivity index (χ4n) is 4.18. The summed E-state index contributed by atoms with van der Waals surface area (Å²) in [6.07, 6.45) is 1.39. The van der Waals surface area contributed by atoms with Gasteiger partial charge < -0.3 is 19.3 Å². The Bertz CT molecular complexity index is 678. The summed E-state index contributed by atoms with van der Waals surface area (Å²) < 4.78 is 10.3. The summed E-state index contributed by atoms with van der Waals surface area (Å²) in [5.74, 6) is 0.841. The van der Waals surface area contributed by atoms with Crippen molar-refractivity contribution >= 4 is 17.6 Å². The molecule has 0 radical (unpaired) electrons. The van der Waals surface area contributed by atoms with Crippen molar-refractivity contribution in [2.75, 3.05) is 57.9 Å². The predicted molar refractivity (Wildman–Crippen MR) is 112 cm³/mol. The molecule has 2 fully saturated rings. The second-order valence-corrected chi connectivity index (χ2v) is 7.75. The first-order valence-electron chi connectivity index (χ1n) is 10.6. The number of carbonyl (C=O) groups is 2. The van der Waals surface area contributed by atoms with Crippen molar-refractivity contribution in [3.05, 3.63) is 24.3 Å². The molecule has 1 amide bonds. The van der Waals surface area contributed by atoms with Gasteiger partial charge in [-0.3, -0.25) is 14.5 Å². The number of carbonyl (C=O) groups excluding carboxylic acids is 2. The number of likely N-dealkylation sites (tertiary alicyclic amines) is 1. The summed E-state index contributed by atoms with van der Waals surface area (Å²) in [7, 11) is 1.67. The summed E-state index contributed by atoms with van der Waals surface area (Å²) in [5.41, 5.74) is 1.19. The number of anilines is 1. The first-order chi connectivity index (χ1) is 14.0. The third kappa shape index (κ3) is 5.21. The van der Waals surface area contributed by atoms with E-state index in [2.05, 4.69) is 21.9 Å². The van der Waals surface area contributed by atoms with Gasteiger partial charge >= 0.3 is 5.97 Å². The van der Waals surface area contributed by atoms with Gasteiger partial charge in [-0.25, -0.2) is 0 Å². The summed E-state index contributed by atoms with van der Waals surface area (Å²) in [5, 5.41) is 0. The van der Waals surface area contributed by atoms with Crippen molar-refractivity contribution in [2.24, 2.45) is 5.92 Å². The molecule has 0 N–H and O–H groups in total. The molecule has 2 saturated heterocycles. The molecule has 0 bridgehead atoms. The second-order valence-electron chi connectivity index (χ2n) is 7.75. The van der Waals surface area contributed by atoms with Gasteiger partial charge in [-0.05, 0) is 51.0 Å². The van der Waals surface area contributed by atoms with Crippen LogP contribution < -0.4 is 9.64 Å². The number of piperidine rings is 1.